The van der Waals surface area contributed by atoms with Gasteiger partial charge >= 0.3 is 0 Å². The van der Waals surface area contributed by atoms with Crippen LogP contribution < -0.4 is 5.32 Å². The van der Waals surface area contributed by atoms with E-state index in [4.69, 9.17) is 0 Å². The number of thiazole rings is 1. The van der Waals surface area contributed by atoms with E-state index >= 15 is 0 Å². The molecule has 2 aromatic rings. The Morgan fingerprint density at radius 3 is 2.94 bits per heavy atom. The molecule has 0 radical (unpaired) electrons. The van der Waals surface area contributed by atoms with Crippen LogP contribution in [0.25, 0.3) is 10.2 Å². The molecule has 1 N–H and O–H groups in total. The van der Waals surface area contributed by atoms with E-state index in [-0.39, 0.29) is 0 Å². The van der Waals surface area contributed by atoms with Crippen molar-refractivity contribution in [3.8, 4) is 0 Å². The Bertz CT molecular complexity index is 488. The second-order valence-corrected chi connectivity index (χ2v) is 5.98. The van der Waals surface area contributed by atoms with Gasteiger partial charge < -0.3 is 5.32 Å². The molecule has 17 heavy (non-hydrogen) atoms. The van der Waals surface area contributed by atoms with Crippen molar-refractivity contribution >= 4 is 21.6 Å². The minimum atomic E-state index is 0.582. The van der Waals surface area contributed by atoms with Crippen LogP contribution in [0.3, 0.4) is 0 Å². The highest BCUT2D eigenvalue weighted by Gasteiger charge is 2.01. The maximum atomic E-state index is 4.53. The molecule has 0 aliphatic carbocycles. The largest absolute Gasteiger partial charge is 0.315 e. The van der Waals surface area contributed by atoms with Gasteiger partial charge in [-0.05, 0) is 44.0 Å². The van der Waals surface area contributed by atoms with E-state index in [0.29, 0.717) is 6.04 Å². The summed E-state index contributed by atoms with van der Waals surface area (Å²) >= 11 is 1.77. The second-order valence-electron chi connectivity index (χ2n) is 4.75. The third kappa shape index (κ3) is 3.51. The molecule has 0 unspecified atom stereocenters. The molecular weight excluding hydrogens is 228 g/mol. The fourth-order valence-electron chi connectivity index (χ4n) is 1.93. The van der Waals surface area contributed by atoms with E-state index in [1.54, 1.807) is 11.3 Å². The van der Waals surface area contributed by atoms with E-state index in [0.717, 1.165) is 23.5 Å². The number of rotatable bonds is 5. The van der Waals surface area contributed by atoms with Crippen molar-refractivity contribution in [3.05, 3.63) is 28.8 Å². The zero-order chi connectivity index (χ0) is 12.3. The third-order valence-electron chi connectivity index (χ3n) is 2.75. The maximum Gasteiger partial charge on any atom is 0.0907 e. The second kappa shape index (κ2) is 5.61. The minimum Gasteiger partial charge on any atom is -0.315 e. The molecule has 1 aromatic carbocycles. The summed E-state index contributed by atoms with van der Waals surface area (Å²) in [6.07, 6.45) is 2.32. The van der Waals surface area contributed by atoms with Gasteiger partial charge in [-0.1, -0.05) is 19.9 Å². The predicted molar refractivity (Wildman–Crippen MR) is 75.8 cm³/mol. The van der Waals surface area contributed by atoms with Crippen molar-refractivity contribution in [3.63, 3.8) is 0 Å². The summed E-state index contributed by atoms with van der Waals surface area (Å²) in [7, 11) is 0. The summed E-state index contributed by atoms with van der Waals surface area (Å²) in [5.74, 6) is 0. The van der Waals surface area contributed by atoms with Crippen LogP contribution in [0.1, 0.15) is 30.8 Å². The van der Waals surface area contributed by atoms with Crippen molar-refractivity contribution in [2.45, 2.75) is 39.7 Å². The lowest BCUT2D eigenvalue weighted by molar-refractivity contribution is 0.570. The molecule has 0 amide bonds. The fourth-order valence-corrected chi connectivity index (χ4v) is 2.73. The molecule has 0 spiro atoms. The van der Waals surface area contributed by atoms with Crippen molar-refractivity contribution in [2.75, 3.05) is 6.54 Å². The number of fused-ring (bicyclic) bond motifs is 1. The number of benzene rings is 1. The fraction of sp³-hybridized carbons (Fsp3) is 0.500. The van der Waals surface area contributed by atoms with E-state index in [1.807, 2.05) is 0 Å². The first-order valence-electron chi connectivity index (χ1n) is 6.24. The summed E-state index contributed by atoms with van der Waals surface area (Å²) in [4.78, 5) is 4.53. The van der Waals surface area contributed by atoms with Crippen LogP contribution in [0.15, 0.2) is 18.2 Å². The molecule has 2 rings (SSSR count). The van der Waals surface area contributed by atoms with Gasteiger partial charge in [-0.3, -0.25) is 0 Å². The quantitative estimate of drug-likeness (QED) is 0.819. The van der Waals surface area contributed by atoms with Crippen molar-refractivity contribution in [1.29, 1.82) is 0 Å². The number of aromatic nitrogens is 1. The first-order valence-corrected chi connectivity index (χ1v) is 7.06. The molecule has 0 saturated heterocycles. The highest BCUT2D eigenvalue weighted by molar-refractivity contribution is 7.18. The SMILES string of the molecule is Cc1nc2cc(CCCNC(C)C)ccc2s1. The summed E-state index contributed by atoms with van der Waals surface area (Å²) in [5.41, 5.74) is 2.55. The molecule has 3 heteroatoms. The lowest BCUT2D eigenvalue weighted by Gasteiger charge is -2.07. The van der Waals surface area contributed by atoms with Crippen molar-refractivity contribution in [1.82, 2.24) is 10.3 Å². The van der Waals surface area contributed by atoms with Crippen LogP contribution in [0, 0.1) is 6.92 Å². The van der Waals surface area contributed by atoms with E-state index < -0.39 is 0 Å². The standard InChI is InChI=1S/C14H20N2S/c1-10(2)15-8-4-5-12-6-7-14-13(9-12)16-11(3)17-14/h6-7,9-10,15H,4-5,8H2,1-3H3. The molecule has 0 bridgehead atoms. The number of aryl methyl sites for hydroxylation is 2. The minimum absolute atomic E-state index is 0.582. The highest BCUT2D eigenvalue weighted by Crippen LogP contribution is 2.22. The number of hydrogen-bond acceptors (Lipinski definition) is 3. The van der Waals surface area contributed by atoms with Gasteiger partial charge in [0.1, 0.15) is 0 Å². The van der Waals surface area contributed by atoms with Crippen molar-refractivity contribution in [2.24, 2.45) is 0 Å². The lowest BCUT2D eigenvalue weighted by atomic mass is 10.1. The summed E-state index contributed by atoms with van der Waals surface area (Å²) in [6, 6.07) is 7.24. The van der Waals surface area contributed by atoms with Gasteiger partial charge in [0, 0.05) is 6.04 Å². The zero-order valence-electron chi connectivity index (χ0n) is 10.8. The normalized spacial score (nSPS) is 11.5. The molecule has 0 aliphatic heterocycles. The van der Waals surface area contributed by atoms with Gasteiger partial charge in [-0.15, -0.1) is 11.3 Å². The molecule has 0 atom stereocenters. The van der Waals surface area contributed by atoms with Gasteiger partial charge in [0.15, 0.2) is 0 Å². The first kappa shape index (κ1) is 12.5. The molecule has 0 fully saturated rings. The Morgan fingerprint density at radius 1 is 1.35 bits per heavy atom. The van der Waals surface area contributed by atoms with Crippen LogP contribution in [0.2, 0.25) is 0 Å². The monoisotopic (exact) mass is 248 g/mol. The Balaban J connectivity index is 1.94. The maximum absolute atomic E-state index is 4.53. The molecule has 0 saturated carbocycles. The van der Waals surface area contributed by atoms with E-state index in [1.165, 1.54) is 16.7 Å². The van der Waals surface area contributed by atoms with Gasteiger partial charge in [0.05, 0.1) is 15.2 Å². The number of nitrogens with zero attached hydrogens (tertiary/aromatic N) is 1. The lowest BCUT2D eigenvalue weighted by Crippen LogP contribution is -2.23. The van der Waals surface area contributed by atoms with Crippen molar-refractivity contribution < 1.29 is 0 Å². The molecular formula is C14H20N2S. The van der Waals surface area contributed by atoms with Crippen LogP contribution >= 0.6 is 11.3 Å². The van der Waals surface area contributed by atoms with Crippen LogP contribution in [-0.2, 0) is 6.42 Å². The predicted octanol–water partition coefficient (Wildman–Crippen LogP) is 3.54. The first-order chi connectivity index (χ1) is 8.15. The van der Waals surface area contributed by atoms with E-state index in [9.17, 15) is 0 Å². The highest BCUT2D eigenvalue weighted by atomic mass is 32.1. The topological polar surface area (TPSA) is 24.9 Å². The van der Waals surface area contributed by atoms with Gasteiger partial charge in [-0.25, -0.2) is 4.98 Å². The summed E-state index contributed by atoms with van der Waals surface area (Å²) < 4.78 is 1.30. The number of hydrogen-bond donors (Lipinski definition) is 1. The van der Waals surface area contributed by atoms with E-state index in [2.05, 4.69) is 49.3 Å². The molecule has 0 aliphatic rings. The smallest absolute Gasteiger partial charge is 0.0907 e. The Kier molecular flexibility index (Phi) is 4.13. The Labute approximate surface area is 107 Å². The molecule has 2 nitrogen and oxygen atoms in total. The van der Waals surface area contributed by atoms with Gasteiger partial charge in [0.25, 0.3) is 0 Å². The van der Waals surface area contributed by atoms with Crippen LogP contribution in [0.4, 0.5) is 0 Å². The molecule has 92 valence electrons. The Morgan fingerprint density at radius 2 is 2.18 bits per heavy atom. The zero-order valence-corrected chi connectivity index (χ0v) is 11.6. The van der Waals surface area contributed by atoms with Crippen LogP contribution in [0.5, 0.6) is 0 Å². The third-order valence-corrected chi connectivity index (χ3v) is 3.71. The average molecular weight is 248 g/mol. The van der Waals surface area contributed by atoms with Gasteiger partial charge in [0.2, 0.25) is 0 Å². The summed E-state index contributed by atoms with van der Waals surface area (Å²) in [6.45, 7) is 7.52. The Hall–Kier alpha value is -0.930. The summed E-state index contributed by atoms with van der Waals surface area (Å²) in [5, 5.41) is 4.59. The van der Waals surface area contributed by atoms with Gasteiger partial charge in [-0.2, -0.15) is 0 Å². The average Bonchev–Trinajstić information content (AvgIpc) is 2.63. The van der Waals surface area contributed by atoms with Crippen LogP contribution in [-0.4, -0.2) is 17.6 Å². The number of nitrogens with one attached hydrogen (secondary N) is 1. The molecule has 1 aromatic heterocycles. The molecule has 1 heterocycles.